The third kappa shape index (κ3) is 2.26. The van der Waals surface area contributed by atoms with Crippen LogP contribution in [0.1, 0.15) is 12.8 Å². The van der Waals surface area contributed by atoms with Crippen molar-refractivity contribution in [1.29, 1.82) is 0 Å². The topological polar surface area (TPSA) is 59.4 Å². The average Bonchev–Trinajstić information content (AvgIpc) is 3.03. The molecule has 2 saturated heterocycles. The molecular weight excluding hydrogens is 244 g/mol. The number of amides is 1. The lowest BCUT2D eigenvalue weighted by atomic mass is 9.86. The van der Waals surface area contributed by atoms with Crippen molar-refractivity contribution >= 4 is 5.91 Å². The first kappa shape index (κ1) is 12.6. The lowest BCUT2D eigenvalue weighted by molar-refractivity contribution is -0.147. The van der Waals surface area contributed by atoms with E-state index in [1.807, 2.05) is 21.8 Å². The Balaban J connectivity index is 1.88. The number of rotatable bonds is 2. The van der Waals surface area contributed by atoms with Gasteiger partial charge < -0.3 is 15.0 Å². The van der Waals surface area contributed by atoms with Crippen LogP contribution >= 0.6 is 0 Å². The molecular formula is C13H20N4O2. The van der Waals surface area contributed by atoms with Crippen LogP contribution in [0, 0.1) is 0 Å². The summed E-state index contributed by atoms with van der Waals surface area (Å²) < 4.78 is 7.18. The third-order valence-corrected chi connectivity index (χ3v) is 4.07. The van der Waals surface area contributed by atoms with Gasteiger partial charge >= 0.3 is 0 Å². The fraction of sp³-hybridized carbons (Fsp3) is 0.692. The van der Waals surface area contributed by atoms with Crippen molar-refractivity contribution < 1.29 is 9.53 Å². The summed E-state index contributed by atoms with van der Waals surface area (Å²) >= 11 is 0. The van der Waals surface area contributed by atoms with E-state index >= 15 is 0 Å². The van der Waals surface area contributed by atoms with Gasteiger partial charge in [-0.05, 0) is 32.0 Å². The number of carbonyl (C=O) groups is 1. The number of hydrogen-bond donors (Lipinski definition) is 1. The van der Waals surface area contributed by atoms with Gasteiger partial charge in [-0.2, -0.15) is 5.10 Å². The van der Waals surface area contributed by atoms with Gasteiger partial charge in [0.2, 0.25) is 0 Å². The quantitative estimate of drug-likeness (QED) is 0.805. The van der Waals surface area contributed by atoms with Gasteiger partial charge in [0.05, 0.1) is 13.2 Å². The zero-order valence-electron chi connectivity index (χ0n) is 11.0. The summed E-state index contributed by atoms with van der Waals surface area (Å²) in [6.07, 6.45) is 5.25. The number of hydrogen-bond acceptors (Lipinski definition) is 4. The summed E-state index contributed by atoms with van der Waals surface area (Å²) in [7, 11) is 0. The minimum atomic E-state index is -0.508. The number of nitrogens with zero attached hydrogens (tertiary/aromatic N) is 3. The van der Waals surface area contributed by atoms with Crippen LogP contribution in [0.15, 0.2) is 18.5 Å². The van der Waals surface area contributed by atoms with Crippen molar-refractivity contribution in [3.8, 4) is 0 Å². The van der Waals surface area contributed by atoms with Crippen LogP contribution in [-0.2, 0) is 15.1 Å². The molecule has 0 aliphatic carbocycles. The van der Waals surface area contributed by atoms with Crippen LogP contribution in [-0.4, -0.2) is 60.0 Å². The van der Waals surface area contributed by atoms with Crippen molar-refractivity contribution in [3.63, 3.8) is 0 Å². The molecule has 6 nitrogen and oxygen atoms in total. The van der Waals surface area contributed by atoms with E-state index in [1.54, 1.807) is 6.20 Å². The lowest BCUT2D eigenvalue weighted by Gasteiger charge is -2.41. The first-order valence-corrected chi connectivity index (χ1v) is 6.91. The van der Waals surface area contributed by atoms with Gasteiger partial charge in [-0.25, -0.2) is 0 Å². The fourth-order valence-electron chi connectivity index (χ4n) is 2.96. The van der Waals surface area contributed by atoms with Gasteiger partial charge in [0.1, 0.15) is 5.54 Å². The monoisotopic (exact) mass is 264 g/mol. The molecule has 1 aromatic heterocycles. The van der Waals surface area contributed by atoms with E-state index in [1.165, 1.54) is 0 Å². The Hall–Kier alpha value is -1.40. The molecule has 0 spiro atoms. The Bertz CT molecular complexity index is 420. The van der Waals surface area contributed by atoms with Crippen molar-refractivity contribution in [2.24, 2.45) is 0 Å². The molecule has 104 valence electrons. The minimum Gasteiger partial charge on any atom is -0.378 e. The molecule has 2 fully saturated rings. The summed E-state index contributed by atoms with van der Waals surface area (Å²) in [5.41, 5.74) is -0.508. The number of carbonyl (C=O) groups excluding carboxylic acids is 1. The van der Waals surface area contributed by atoms with E-state index in [9.17, 15) is 4.79 Å². The highest BCUT2D eigenvalue weighted by molar-refractivity contribution is 5.84. The molecule has 1 amide bonds. The van der Waals surface area contributed by atoms with Crippen LogP contribution in [0.25, 0.3) is 0 Å². The zero-order chi connectivity index (χ0) is 13.1. The van der Waals surface area contributed by atoms with Crippen molar-refractivity contribution in [3.05, 3.63) is 18.5 Å². The molecule has 0 atom stereocenters. The number of aromatic nitrogens is 2. The van der Waals surface area contributed by atoms with Gasteiger partial charge in [0.25, 0.3) is 5.91 Å². The van der Waals surface area contributed by atoms with E-state index in [2.05, 4.69) is 10.4 Å². The maximum absolute atomic E-state index is 13.0. The molecule has 0 unspecified atom stereocenters. The molecule has 1 N–H and O–H groups in total. The predicted octanol–water partition coefficient (Wildman–Crippen LogP) is -0.179. The Morgan fingerprint density at radius 2 is 2.00 bits per heavy atom. The molecule has 3 rings (SSSR count). The second-order valence-corrected chi connectivity index (χ2v) is 5.14. The summed E-state index contributed by atoms with van der Waals surface area (Å²) in [5.74, 6) is 0.195. The maximum Gasteiger partial charge on any atom is 0.250 e. The van der Waals surface area contributed by atoms with Crippen molar-refractivity contribution in [1.82, 2.24) is 20.0 Å². The van der Waals surface area contributed by atoms with Gasteiger partial charge in [-0.3, -0.25) is 9.48 Å². The lowest BCUT2D eigenvalue weighted by Crippen LogP contribution is -2.57. The molecule has 19 heavy (non-hydrogen) atoms. The SMILES string of the molecule is O=C(N1CCOCC1)C1(n2cccn2)CCNCC1. The normalized spacial score (nSPS) is 23.3. The van der Waals surface area contributed by atoms with Crippen LogP contribution in [0.5, 0.6) is 0 Å². The van der Waals surface area contributed by atoms with E-state index in [4.69, 9.17) is 4.74 Å². The molecule has 0 bridgehead atoms. The summed E-state index contributed by atoms with van der Waals surface area (Å²) in [5, 5.41) is 7.66. The molecule has 0 saturated carbocycles. The average molecular weight is 264 g/mol. The highest BCUT2D eigenvalue weighted by Gasteiger charge is 2.44. The number of ether oxygens (including phenoxy) is 1. The van der Waals surface area contributed by atoms with E-state index in [0.29, 0.717) is 26.3 Å². The molecule has 2 aliphatic rings. The first-order chi connectivity index (χ1) is 9.33. The van der Waals surface area contributed by atoms with Gasteiger partial charge in [0.15, 0.2) is 0 Å². The van der Waals surface area contributed by atoms with E-state index < -0.39 is 5.54 Å². The Morgan fingerprint density at radius 1 is 1.26 bits per heavy atom. The highest BCUT2D eigenvalue weighted by Crippen LogP contribution is 2.29. The second kappa shape index (κ2) is 5.30. The highest BCUT2D eigenvalue weighted by atomic mass is 16.5. The molecule has 0 aromatic carbocycles. The minimum absolute atomic E-state index is 0.195. The number of piperidine rings is 1. The Morgan fingerprint density at radius 3 is 2.63 bits per heavy atom. The first-order valence-electron chi connectivity index (χ1n) is 6.91. The molecule has 1 aromatic rings. The number of nitrogens with one attached hydrogen (secondary N) is 1. The van der Waals surface area contributed by atoms with Crippen LogP contribution in [0.3, 0.4) is 0 Å². The molecule has 6 heteroatoms. The summed E-state index contributed by atoms with van der Waals surface area (Å²) in [6.45, 7) is 4.37. The largest absolute Gasteiger partial charge is 0.378 e. The standard InChI is InChI=1S/C13H20N4O2/c18-12(16-8-10-19-11-9-16)13(2-5-14-6-3-13)17-7-1-4-15-17/h1,4,7,14H,2-3,5-6,8-11H2. The van der Waals surface area contributed by atoms with Crippen LogP contribution < -0.4 is 5.32 Å². The third-order valence-electron chi connectivity index (χ3n) is 4.07. The molecule has 2 aliphatic heterocycles. The summed E-state index contributed by atoms with van der Waals surface area (Å²) in [6, 6.07) is 1.89. The fourth-order valence-corrected chi connectivity index (χ4v) is 2.96. The second-order valence-electron chi connectivity index (χ2n) is 5.14. The van der Waals surface area contributed by atoms with E-state index in [0.717, 1.165) is 25.9 Å². The maximum atomic E-state index is 13.0. The predicted molar refractivity (Wildman–Crippen MR) is 69.7 cm³/mol. The zero-order valence-corrected chi connectivity index (χ0v) is 11.0. The van der Waals surface area contributed by atoms with Crippen molar-refractivity contribution in [2.75, 3.05) is 39.4 Å². The molecule has 3 heterocycles. The van der Waals surface area contributed by atoms with Gasteiger partial charge in [-0.1, -0.05) is 0 Å². The van der Waals surface area contributed by atoms with Crippen LogP contribution in [0.2, 0.25) is 0 Å². The van der Waals surface area contributed by atoms with Gasteiger partial charge in [-0.15, -0.1) is 0 Å². The molecule has 0 radical (unpaired) electrons. The Kier molecular flexibility index (Phi) is 3.52. The summed E-state index contributed by atoms with van der Waals surface area (Å²) in [4.78, 5) is 14.9. The smallest absolute Gasteiger partial charge is 0.250 e. The Labute approximate surface area is 112 Å². The van der Waals surface area contributed by atoms with Gasteiger partial charge in [0, 0.05) is 25.5 Å². The van der Waals surface area contributed by atoms with Crippen LogP contribution in [0.4, 0.5) is 0 Å². The van der Waals surface area contributed by atoms with Crippen molar-refractivity contribution in [2.45, 2.75) is 18.4 Å². The number of morpholine rings is 1. The van der Waals surface area contributed by atoms with E-state index in [-0.39, 0.29) is 5.91 Å².